The van der Waals surface area contributed by atoms with Crippen LogP contribution < -0.4 is 5.73 Å². The lowest BCUT2D eigenvalue weighted by Gasteiger charge is -2.32. The molecule has 6 heteroatoms. The maximum absolute atomic E-state index is 12.4. The number of nitrogens with zero attached hydrogens (tertiary/aromatic N) is 1. The van der Waals surface area contributed by atoms with Gasteiger partial charge < -0.3 is 15.7 Å². The lowest BCUT2D eigenvalue weighted by Crippen LogP contribution is -2.49. The van der Waals surface area contributed by atoms with E-state index in [2.05, 4.69) is 0 Å². The Morgan fingerprint density at radius 2 is 1.70 bits per heavy atom. The topological polar surface area (TPSA) is 83.6 Å². The Morgan fingerprint density at radius 3 is 2.15 bits per heavy atom. The Morgan fingerprint density at radius 1 is 1.20 bits per heavy atom. The van der Waals surface area contributed by atoms with Gasteiger partial charge in [0.25, 0.3) is 0 Å². The maximum atomic E-state index is 12.4. The minimum Gasteiger partial charge on any atom is -0.480 e. The van der Waals surface area contributed by atoms with Crippen molar-refractivity contribution in [3.05, 3.63) is 0 Å². The van der Waals surface area contributed by atoms with Gasteiger partial charge in [-0.1, -0.05) is 12.8 Å². The van der Waals surface area contributed by atoms with E-state index in [1.807, 2.05) is 11.8 Å². The Balaban J connectivity index is 2.62. The Kier molecular flexibility index (Phi) is 6.33. The van der Waals surface area contributed by atoms with Crippen LogP contribution in [0.25, 0.3) is 0 Å². The predicted octanol–water partition coefficient (Wildman–Crippen LogP) is 1.70. The fourth-order valence-electron chi connectivity index (χ4n) is 2.42. The molecular weight excluding hydrogens is 276 g/mol. The molecule has 1 aliphatic rings. The van der Waals surface area contributed by atoms with Crippen molar-refractivity contribution < 1.29 is 14.7 Å². The van der Waals surface area contributed by atoms with E-state index in [-0.39, 0.29) is 11.2 Å². The number of hydrogen-bond acceptors (Lipinski definition) is 4. The zero-order chi connectivity index (χ0) is 15.3. The van der Waals surface area contributed by atoms with Crippen molar-refractivity contribution in [2.75, 3.05) is 13.1 Å². The van der Waals surface area contributed by atoms with E-state index < -0.39 is 16.8 Å². The maximum Gasteiger partial charge on any atom is 0.321 e. The van der Waals surface area contributed by atoms with Gasteiger partial charge in [0.1, 0.15) is 6.04 Å². The van der Waals surface area contributed by atoms with Crippen LogP contribution in [-0.4, -0.2) is 51.0 Å². The van der Waals surface area contributed by atoms with E-state index in [0.717, 1.165) is 25.9 Å². The quantitative estimate of drug-likeness (QED) is 0.807. The third-order valence-electron chi connectivity index (χ3n) is 3.76. The normalized spacial score (nSPS) is 20.1. The highest BCUT2D eigenvalue weighted by Gasteiger charge is 2.36. The smallest absolute Gasteiger partial charge is 0.321 e. The first-order chi connectivity index (χ1) is 9.25. The molecule has 1 unspecified atom stereocenters. The highest BCUT2D eigenvalue weighted by molar-refractivity contribution is 8.02. The van der Waals surface area contributed by atoms with Crippen LogP contribution in [0.1, 0.15) is 46.5 Å². The molecule has 1 aliphatic heterocycles. The van der Waals surface area contributed by atoms with E-state index in [9.17, 15) is 9.59 Å². The summed E-state index contributed by atoms with van der Waals surface area (Å²) in [6, 6.07) is -0.980. The van der Waals surface area contributed by atoms with Gasteiger partial charge >= 0.3 is 5.97 Å². The standard InChI is InChI=1S/C14H26N2O3S/c1-10(20-14(2,3)11(15)13(18)19)12(17)16-8-6-4-5-7-9-16/h10-11H,4-9,15H2,1-3H3,(H,18,19)/t10?,11-/m1/s1. The molecule has 0 aromatic rings. The van der Waals surface area contributed by atoms with Gasteiger partial charge in [0.15, 0.2) is 0 Å². The SMILES string of the molecule is CC(SC(C)(C)[C@H](N)C(=O)O)C(=O)N1CCCCCC1. The number of hydrogen-bond donors (Lipinski definition) is 2. The van der Waals surface area contributed by atoms with E-state index >= 15 is 0 Å². The minimum absolute atomic E-state index is 0.0996. The van der Waals surface area contributed by atoms with Crippen molar-refractivity contribution in [3.63, 3.8) is 0 Å². The molecule has 0 aromatic heterocycles. The Bertz CT molecular complexity index is 352. The van der Waals surface area contributed by atoms with Gasteiger partial charge in [-0.3, -0.25) is 9.59 Å². The molecule has 1 fully saturated rings. The lowest BCUT2D eigenvalue weighted by molar-refractivity contribution is -0.139. The predicted molar refractivity (Wildman–Crippen MR) is 81.8 cm³/mol. The Hall–Kier alpha value is -0.750. The van der Waals surface area contributed by atoms with Gasteiger partial charge in [-0.15, -0.1) is 11.8 Å². The zero-order valence-electron chi connectivity index (χ0n) is 12.6. The second-order valence-electron chi connectivity index (χ2n) is 5.92. The molecule has 116 valence electrons. The molecule has 0 aromatic carbocycles. The van der Waals surface area contributed by atoms with Gasteiger partial charge in [0.2, 0.25) is 5.91 Å². The first-order valence-electron chi connectivity index (χ1n) is 7.20. The van der Waals surface area contributed by atoms with Gasteiger partial charge in [0, 0.05) is 17.8 Å². The summed E-state index contributed by atoms with van der Waals surface area (Å²) < 4.78 is -0.674. The molecule has 2 atom stereocenters. The molecule has 0 bridgehead atoms. The van der Waals surface area contributed by atoms with Crippen LogP contribution >= 0.6 is 11.8 Å². The summed E-state index contributed by atoms with van der Waals surface area (Å²) in [6.45, 7) is 7.03. The number of aliphatic carboxylic acids is 1. The number of carboxylic acid groups (broad SMARTS) is 1. The summed E-state index contributed by atoms with van der Waals surface area (Å²) in [7, 11) is 0. The molecule has 0 radical (unpaired) electrons. The van der Waals surface area contributed by atoms with Crippen LogP contribution in [0, 0.1) is 0 Å². The number of carbonyl (C=O) groups is 2. The van der Waals surface area contributed by atoms with E-state index in [4.69, 9.17) is 10.8 Å². The van der Waals surface area contributed by atoms with Crippen LogP contribution in [0.15, 0.2) is 0 Å². The molecular formula is C14H26N2O3S. The fourth-order valence-corrected chi connectivity index (χ4v) is 3.83. The summed E-state index contributed by atoms with van der Waals surface area (Å²) >= 11 is 1.35. The van der Waals surface area contributed by atoms with E-state index in [1.165, 1.54) is 24.6 Å². The van der Waals surface area contributed by atoms with Crippen molar-refractivity contribution in [2.45, 2.75) is 62.5 Å². The zero-order valence-corrected chi connectivity index (χ0v) is 13.4. The first kappa shape index (κ1) is 17.3. The second kappa shape index (κ2) is 7.31. The van der Waals surface area contributed by atoms with Gasteiger partial charge in [0.05, 0.1) is 5.25 Å². The van der Waals surface area contributed by atoms with E-state index in [0.29, 0.717) is 0 Å². The molecule has 0 aliphatic carbocycles. The summed E-state index contributed by atoms with van der Waals surface area (Å²) in [6.07, 6.45) is 4.48. The summed E-state index contributed by atoms with van der Waals surface area (Å²) in [5, 5.41) is 8.75. The molecule has 20 heavy (non-hydrogen) atoms. The molecule has 0 saturated carbocycles. The third-order valence-corrected chi connectivity index (χ3v) is 5.18. The number of thioether (sulfide) groups is 1. The monoisotopic (exact) mass is 302 g/mol. The van der Waals surface area contributed by atoms with E-state index in [1.54, 1.807) is 13.8 Å². The van der Waals surface area contributed by atoms with Crippen LogP contribution in [-0.2, 0) is 9.59 Å². The summed E-state index contributed by atoms with van der Waals surface area (Å²) in [5.74, 6) is -0.931. The highest BCUT2D eigenvalue weighted by Crippen LogP contribution is 2.32. The molecule has 0 spiro atoms. The molecule has 1 amide bonds. The van der Waals surface area contributed by atoms with Gasteiger partial charge in [-0.25, -0.2) is 0 Å². The molecule has 3 N–H and O–H groups in total. The third kappa shape index (κ3) is 4.66. The van der Waals surface area contributed by atoms with Crippen LogP contribution in [0.2, 0.25) is 0 Å². The molecule has 1 rings (SSSR count). The number of likely N-dealkylation sites (tertiary alicyclic amines) is 1. The number of carbonyl (C=O) groups excluding carboxylic acids is 1. The molecule has 1 saturated heterocycles. The van der Waals surface area contributed by atoms with Crippen molar-refractivity contribution >= 4 is 23.6 Å². The van der Waals surface area contributed by atoms with Crippen molar-refractivity contribution in [1.29, 1.82) is 0 Å². The number of rotatable bonds is 5. The van der Waals surface area contributed by atoms with Crippen molar-refractivity contribution in [3.8, 4) is 0 Å². The van der Waals surface area contributed by atoms with Crippen LogP contribution in [0.4, 0.5) is 0 Å². The molecule has 5 nitrogen and oxygen atoms in total. The summed E-state index contributed by atoms with van der Waals surface area (Å²) in [5.41, 5.74) is 5.70. The Labute approximate surface area is 125 Å². The number of amides is 1. The average molecular weight is 302 g/mol. The molecule has 1 heterocycles. The highest BCUT2D eigenvalue weighted by atomic mass is 32.2. The van der Waals surface area contributed by atoms with Gasteiger partial charge in [-0.05, 0) is 33.6 Å². The van der Waals surface area contributed by atoms with Crippen LogP contribution in [0.3, 0.4) is 0 Å². The number of nitrogens with two attached hydrogens (primary N) is 1. The van der Waals surface area contributed by atoms with Crippen molar-refractivity contribution in [2.24, 2.45) is 5.73 Å². The van der Waals surface area contributed by atoms with Crippen LogP contribution in [0.5, 0.6) is 0 Å². The number of carboxylic acids is 1. The largest absolute Gasteiger partial charge is 0.480 e. The van der Waals surface area contributed by atoms with Gasteiger partial charge in [-0.2, -0.15) is 0 Å². The average Bonchev–Trinajstić information content (AvgIpc) is 2.64. The fraction of sp³-hybridized carbons (Fsp3) is 0.857. The first-order valence-corrected chi connectivity index (χ1v) is 8.08. The second-order valence-corrected chi connectivity index (χ2v) is 7.91. The minimum atomic E-state index is -1.03. The lowest BCUT2D eigenvalue weighted by atomic mass is 10.1. The summed E-state index contributed by atoms with van der Waals surface area (Å²) in [4.78, 5) is 25.4. The van der Waals surface area contributed by atoms with Crippen molar-refractivity contribution in [1.82, 2.24) is 4.90 Å².